The summed E-state index contributed by atoms with van der Waals surface area (Å²) in [6.45, 7) is 1.17. The molecule has 2 atom stereocenters. The molecular weight excluding hydrogens is 288 g/mol. The van der Waals surface area contributed by atoms with Crippen LogP contribution in [-0.4, -0.2) is 35.1 Å². The maximum atomic E-state index is 12.1. The number of rotatable bonds is 4. The summed E-state index contributed by atoms with van der Waals surface area (Å²) >= 11 is 1.26. The fourth-order valence-electron chi connectivity index (χ4n) is 2.42. The fourth-order valence-corrected chi connectivity index (χ4v) is 2.96. The molecule has 21 heavy (non-hydrogen) atoms. The number of hydrogen-bond acceptors (Lipinski definition) is 6. The molecule has 2 aromatic rings. The monoisotopic (exact) mass is 304 g/mol. The minimum absolute atomic E-state index is 0.00594. The lowest BCUT2D eigenvalue weighted by Crippen LogP contribution is -2.40. The van der Waals surface area contributed by atoms with Crippen molar-refractivity contribution in [2.75, 3.05) is 18.9 Å². The Morgan fingerprint density at radius 1 is 1.43 bits per heavy atom. The van der Waals surface area contributed by atoms with Gasteiger partial charge in [-0.15, -0.1) is 11.3 Å². The average molecular weight is 304 g/mol. The third kappa shape index (κ3) is 3.37. The zero-order chi connectivity index (χ0) is 14.7. The van der Waals surface area contributed by atoms with Gasteiger partial charge in [0, 0.05) is 23.7 Å². The highest BCUT2D eigenvalue weighted by Crippen LogP contribution is 2.20. The second-order valence-corrected chi connectivity index (χ2v) is 5.90. The summed E-state index contributed by atoms with van der Waals surface area (Å²) in [4.78, 5) is 20.1. The van der Waals surface area contributed by atoms with Crippen molar-refractivity contribution >= 4 is 22.4 Å². The van der Waals surface area contributed by atoms with Crippen molar-refractivity contribution in [3.8, 4) is 0 Å². The highest BCUT2D eigenvalue weighted by Gasteiger charge is 2.30. The van der Waals surface area contributed by atoms with Gasteiger partial charge in [-0.25, -0.2) is 4.98 Å². The van der Waals surface area contributed by atoms with E-state index in [1.807, 2.05) is 12.1 Å². The molecule has 2 aromatic heterocycles. The molecule has 3 heterocycles. The van der Waals surface area contributed by atoms with Crippen molar-refractivity contribution in [3.63, 3.8) is 0 Å². The molecule has 1 saturated heterocycles. The number of pyridine rings is 1. The minimum atomic E-state index is -0.196. The van der Waals surface area contributed by atoms with Gasteiger partial charge < -0.3 is 15.8 Å². The van der Waals surface area contributed by atoms with E-state index in [9.17, 15) is 4.79 Å². The number of nitrogens with zero attached hydrogens (tertiary/aromatic N) is 2. The molecule has 0 bridgehead atoms. The standard InChI is InChI=1S/C14H16N4O2S/c15-14-18-12(8-21-14)13(19)17-11-7-20-6-10(11)5-9-1-3-16-4-2-9/h1-4,8,10-11H,5-7H2,(H2,15,18)(H,17,19). The van der Waals surface area contributed by atoms with Crippen molar-refractivity contribution in [1.82, 2.24) is 15.3 Å². The van der Waals surface area contributed by atoms with E-state index in [2.05, 4.69) is 15.3 Å². The van der Waals surface area contributed by atoms with Gasteiger partial charge in [-0.2, -0.15) is 0 Å². The molecule has 1 amide bonds. The Balaban J connectivity index is 1.63. The molecule has 1 aliphatic rings. The minimum Gasteiger partial charge on any atom is -0.379 e. The first-order valence-corrected chi connectivity index (χ1v) is 7.59. The Morgan fingerprint density at radius 3 is 2.95 bits per heavy atom. The number of amides is 1. The van der Waals surface area contributed by atoms with E-state index in [4.69, 9.17) is 10.5 Å². The lowest BCUT2D eigenvalue weighted by atomic mass is 9.95. The molecule has 0 aliphatic carbocycles. The largest absolute Gasteiger partial charge is 0.379 e. The van der Waals surface area contributed by atoms with Crippen LogP contribution in [-0.2, 0) is 11.2 Å². The van der Waals surface area contributed by atoms with E-state index < -0.39 is 0 Å². The van der Waals surface area contributed by atoms with Gasteiger partial charge in [0.2, 0.25) is 0 Å². The first-order valence-electron chi connectivity index (χ1n) is 6.71. The van der Waals surface area contributed by atoms with Gasteiger partial charge in [-0.05, 0) is 24.1 Å². The highest BCUT2D eigenvalue weighted by molar-refractivity contribution is 7.13. The number of ether oxygens (including phenoxy) is 1. The number of carbonyl (C=O) groups is 1. The van der Waals surface area contributed by atoms with Crippen LogP contribution in [0.4, 0.5) is 5.13 Å². The topological polar surface area (TPSA) is 90.1 Å². The van der Waals surface area contributed by atoms with Crippen molar-refractivity contribution in [2.45, 2.75) is 12.5 Å². The van der Waals surface area contributed by atoms with E-state index in [0.717, 1.165) is 6.42 Å². The van der Waals surface area contributed by atoms with Gasteiger partial charge in [0.1, 0.15) is 5.69 Å². The Morgan fingerprint density at radius 2 is 2.24 bits per heavy atom. The molecule has 7 heteroatoms. The summed E-state index contributed by atoms with van der Waals surface area (Å²) in [7, 11) is 0. The second-order valence-electron chi connectivity index (χ2n) is 5.01. The van der Waals surface area contributed by atoms with Crippen molar-refractivity contribution in [3.05, 3.63) is 41.2 Å². The molecule has 110 valence electrons. The van der Waals surface area contributed by atoms with Crippen LogP contribution in [0.25, 0.3) is 0 Å². The number of nitrogen functional groups attached to an aromatic ring is 1. The third-order valence-electron chi connectivity index (χ3n) is 3.52. The summed E-state index contributed by atoms with van der Waals surface area (Å²) in [5, 5.41) is 5.05. The van der Waals surface area contributed by atoms with Crippen LogP contribution in [0, 0.1) is 5.92 Å². The molecule has 3 rings (SSSR count). The number of nitrogens with two attached hydrogens (primary N) is 1. The Bertz CT molecular complexity index is 616. The number of carbonyl (C=O) groups excluding carboxylic acids is 1. The first-order chi connectivity index (χ1) is 10.2. The predicted molar refractivity (Wildman–Crippen MR) is 80.0 cm³/mol. The van der Waals surface area contributed by atoms with Gasteiger partial charge in [0.25, 0.3) is 5.91 Å². The molecule has 0 radical (unpaired) electrons. The van der Waals surface area contributed by atoms with Gasteiger partial charge in [0.05, 0.1) is 19.3 Å². The lowest BCUT2D eigenvalue weighted by Gasteiger charge is -2.18. The molecule has 1 fully saturated rings. The van der Waals surface area contributed by atoms with Crippen LogP contribution < -0.4 is 11.1 Å². The number of aromatic nitrogens is 2. The zero-order valence-electron chi connectivity index (χ0n) is 11.4. The van der Waals surface area contributed by atoms with E-state index in [1.165, 1.54) is 16.9 Å². The summed E-state index contributed by atoms with van der Waals surface area (Å²) in [5.74, 6) is 0.0607. The van der Waals surface area contributed by atoms with Crippen molar-refractivity contribution in [1.29, 1.82) is 0 Å². The molecule has 3 N–H and O–H groups in total. The summed E-state index contributed by atoms with van der Waals surface area (Å²) in [6, 6.07) is 3.96. The summed E-state index contributed by atoms with van der Waals surface area (Å²) in [6.07, 6.45) is 4.40. The van der Waals surface area contributed by atoms with E-state index in [1.54, 1.807) is 17.8 Å². The van der Waals surface area contributed by atoms with Crippen molar-refractivity contribution in [2.24, 2.45) is 5.92 Å². The Labute approximate surface area is 126 Å². The molecule has 0 saturated carbocycles. The van der Waals surface area contributed by atoms with Gasteiger partial charge >= 0.3 is 0 Å². The maximum Gasteiger partial charge on any atom is 0.271 e. The number of thiazole rings is 1. The molecule has 2 unspecified atom stereocenters. The lowest BCUT2D eigenvalue weighted by molar-refractivity contribution is 0.0921. The van der Waals surface area contributed by atoms with Gasteiger partial charge in [0.15, 0.2) is 5.13 Å². The zero-order valence-corrected chi connectivity index (χ0v) is 12.2. The maximum absolute atomic E-state index is 12.1. The van der Waals surface area contributed by atoms with Crippen molar-refractivity contribution < 1.29 is 9.53 Å². The average Bonchev–Trinajstić information content (AvgIpc) is 3.10. The van der Waals surface area contributed by atoms with Crippen LogP contribution in [0.5, 0.6) is 0 Å². The van der Waals surface area contributed by atoms with Crippen LogP contribution in [0.15, 0.2) is 29.9 Å². The quantitative estimate of drug-likeness (QED) is 0.883. The molecular formula is C14H16N4O2S. The third-order valence-corrected chi connectivity index (χ3v) is 4.19. The SMILES string of the molecule is Nc1nc(C(=O)NC2COCC2Cc2ccncc2)cs1. The van der Waals surface area contributed by atoms with Gasteiger partial charge in [-0.1, -0.05) is 0 Å². The second kappa shape index (κ2) is 6.19. The number of nitrogens with one attached hydrogen (secondary N) is 1. The normalized spacial score (nSPS) is 21.3. The van der Waals surface area contributed by atoms with Crippen LogP contribution in [0.2, 0.25) is 0 Å². The number of anilines is 1. The van der Waals surface area contributed by atoms with Crippen LogP contribution in [0.3, 0.4) is 0 Å². The first kappa shape index (κ1) is 14.0. The van der Waals surface area contributed by atoms with E-state index in [0.29, 0.717) is 24.0 Å². The van der Waals surface area contributed by atoms with E-state index >= 15 is 0 Å². The van der Waals surface area contributed by atoms with E-state index in [-0.39, 0.29) is 17.9 Å². The highest BCUT2D eigenvalue weighted by atomic mass is 32.1. The smallest absolute Gasteiger partial charge is 0.271 e. The fraction of sp³-hybridized carbons (Fsp3) is 0.357. The Kier molecular flexibility index (Phi) is 4.12. The van der Waals surface area contributed by atoms with Gasteiger partial charge in [-0.3, -0.25) is 9.78 Å². The van der Waals surface area contributed by atoms with Crippen LogP contribution in [0.1, 0.15) is 16.1 Å². The molecule has 0 spiro atoms. The summed E-state index contributed by atoms with van der Waals surface area (Å²) < 4.78 is 5.51. The Hall–Kier alpha value is -1.99. The molecule has 1 aliphatic heterocycles. The molecule has 0 aromatic carbocycles. The van der Waals surface area contributed by atoms with Crippen LogP contribution >= 0.6 is 11.3 Å². The number of hydrogen-bond donors (Lipinski definition) is 2. The summed E-state index contributed by atoms with van der Waals surface area (Å²) in [5.41, 5.74) is 7.11. The molecule has 6 nitrogen and oxygen atoms in total. The predicted octanol–water partition coefficient (Wildman–Crippen LogP) is 1.11.